The fourth-order valence-electron chi connectivity index (χ4n) is 2.91. The van der Waals surface area contributed by atoms with Gasteiger partial charge >= 0.3 is 5.97 Å². The lowest BCUT2D eigenvalue weighted by molar-refractivity contribution is -0.144. The fourth-order valence-corrected chi connectivity index (χ4v) is 2.91. The second-order valence-corrected chi connectivity index (χ2v) is 6.45. The Morgan fingerprint density at radius 3 is 2.52 bits per heavy atom. The van der Waals surface area contributed by atoms with Gasteiger partial charge in [-0.25, -0.2) is 0 Å². The van der Waals surface area contributed by atoms with Crippen LogP contribution in [0.5, 0.6) is 0 Å². The lowest BCUT2D eigenvalue weighted by Crippen LogP contribution is -2.53. The van der Waals surface area contributed by atoms with Crippen LogP contribution in [-0.4, -0.2) is 75.2 Å². The molecule has 1 saturated heterocycles. The highest BCUT2D eigenvalue weighted by atomic mass is 127. The molecule has 0 saturated carbocycles. The van der Waals surface area contributed by atoms with Gasteiger partial charge in [-0.05, 0) is 5.56 Å². The highest BCUT2D eigenvalue weighted by Gasteiger charge is 2.20. The van der Waals surface area contributed by atoms with Crippen LogP contribution in [-0.2, 0) is 9.53 Å². The van der Waals surface area contributed by atoms with Gasteiger partial charge in [-0.1, -0.05) is 49.4 Å². The van der Waals surface area contributed by atoms with Crippen molar-refractivity contribution in [1.82, 2.24) is 15.1 Å². The summed E-state index contributed by atoms with van der Waals surface area (Å²) < 4.78 is 4.76. The van der Waals surface area contributed by atoms with Gasteiger partial charge in [0, 0.05) is 46.3 Å². The van der Waals surface area contributed by atoms with E-state index in [9.17, 15) is 4.79 Å². The number of nitrogens with zero attached hydrogens (tertiary/aromatic N) is 3. The van der Waals surface area contributed by atoms with E-state index in [4.69, 9.17) is 4.74 Å². The minimum absolute atomic E-state index is 0. The van der Waals surface area contributed by atoms with E-state index in [2.05, 4.69) is 56.5 Å². The van der Waals surface area contributed by atoms with Crippen molar-refractivity contribution in [2.24, 2.45) is 10.9 Å². The summed E-state index contributed by atoms with van der Waals surface area (Å²) in [6.07, 6.45) is 4.39. The van der Waals surface area contributed by atoms with Crippen molar-refractivity contribution < 1.29 is 9.53 Å². The van der Waals surface area contributed by atoms with Crippen LogP contribution in [0.2, 0.25) is 0 Å². The summed E-state index contributed by atoms with van der Waals surface area (Å²) in [5.74, 6) is 0.448. The van der Waals surface area contributed by atoms with Gasteiger partial charge in [0.25, 0.3) is 0 Å². The number of hydrogen-bond donors (Lipinski definition) is 1. The van der Waals surface area contributed by atoms with E-state index in [1.807, 2.05) is 13.0 Å². The van der Waals surface area contributed by atoms with Gasteiger partial charge < -0.3 is 15.0 Å². The molecule has 1 heterocycles. The molecule has 0 bridgehead atoms. The first kappa shape index (κ1) is 23.4. The summed E-state index contributed by atoms with van der Waals surface area (Å²) in [5.41, 5.74) is 1.23. The predicted molar refractivity (Wildman–Crippen MR) is 121 cm³/mol. The largest absolute Gasteiger partial charge is 0.469 e. The molecule has 1 aliphatic rings. The third-order valence-electron chi connectivity index (χ3n) is 4.53. The summed E-state index contributed by atoms with van der Waals surface area (Å²) in [5, 5.41) is 3.28. The van der Waals surface area contributed by atoms with Crippen molar-refractivity contribution in [2.45, 2.75) is 6.92 Å². The number of ether oxygens (including phenoxy) is 1. The van der Waals surface area contributed by atoms with Gasteiger partial charge in [0.05, 0.1) is 13.0 Å². The summed E-state index contributed by atoms with van der Waals surface area (Å²) in [6, 6.07) is 10.4. The Balaban J connectivity index is 0.00000364. The number of benzene rings is 1. The molecule has 0 spiro atoms. The Morgan fingerprint density at radius 1 is 1.26 bits per heavy atom. The van der Waals surface area contributed by atoms with E-state index in [0.717, 1.165) is 38.7 Å². The zero-order valence-corrected chi connectivity index (χ0v) is 18.8. The maximum Gasteiger partial charge on any atom is 0.310 e. The molecule has 1 aliphatic heterocycles. The molecule has 0 aliphatic carbocycles. The minimum Gasteiger partial charge on any atom is -0.469 e. The van der Waals surface area contributed by atoms with Gasteiger partial charge in [0.1, 0.15) is 0 Å². The predicted octanol–water partition coefficient (Wildman–Crippen LogP) is 2.32. The molecular formula is C20H31IN4O2. The SMILES string of the molecule is CN=C(NCC(C)C(=O)OC)N1CCN(CC=Cc2ccccc2)CC1.I. The molecule has 6 nitrogen and oxygen atoms in total. The van der Waals surface area contributed by atoms with Crippen molar-refractivity contribution in [3.8, 4) is 0 Å². The van der Waals surface area contributed by atoms with Gasteiger partial charge in [0.15, 0.2) is 5.96 Å². The number of hydrogen-bond acceptors (Lipinski definition) is 4. The molecule has 2 rings (SSSR count). The average molecular weight is 486 g/mol. The van der Waals surface area contributed by atoms with Crippen LogP contribution in [0.4, 0.5) is 0 Å². The monoisotopic (exact) mass is 486 g/mol. The molecule has 1 atom stereocenters. The number of carbonyl (C=O) groups is 1. The van der Waals surface area contributed by atoms with Crippen LogP contribution in [0.3, 0.4) is 0 Å². The maximum absolute atomic E-state index is 11.5. The second-order valence-electron chi connectivity index (χ2n) is 6.45. The average Bonchev–Trinajstić information content (AvgIpc) is 2.69. The number of piperazine rings is 1. The summed E-state index contributed by atoms with van der Waals surface area (Å²) >= 11 is 0. The first-order valence-electron chi connectivity index (χ1n) is 9.11. The number of halogens is 1. The van der Waals surface area contributed by atoms with E-state index < -0.39 is 0 Å². The highest BCUT2D eigenvalue weighted by molar-refractivity contribution is 14.0. The van der Waals surface area contributed by atoms with E-state index in [1.165, 1.54) is 12.7 Å². The highest BCUT2D eigenvalue weighted by Crippen LogP contribution is 2.05. The zero-order chi connectivity index (χ0) is 18.8. The third-order valence-corrected chi connectivity index (χ3v) is 4.53. The Labute approximate surface area is 179 Å². The van der Waals surface area contributed by atoms with Crippen molar-refractivity contribution >= 4 is 42.0 Å². The van der Waals surface area contributed by atoms with Crippen LogP contribution >= 0.6 is 24.0 Å². The van der Waals surface area contributed by atoms with Crippen LogP contribution in [0.1, 0.15) is 12.5 Å². The Morgan fingerprint density at radius 2 is 1.93 bits per heavy atom. The number of esters is 1. The van der Waals surface area contributed by atoms with Gasteiger partial charge in [0.2, 0.25) is 0 Å². The lowest BCUT2D eigenvalue weighted by Gasteiger charge is -2.36. The van der Waals surface area contributed by atoms with Crippen LogP contribution in [0.25, 0.3) is 6.08 Å². The quantitative estimate of drug-likeness (QED) is 0.290. The molecule has 7 heteroatoms. The maximum atomic E-state index is 11.5. The molecule has 1 fully saturated rings. The molecule has 1 N–H and O–H groups in total. The van der Waals surface area contributed by atoms with Crippen molar-refractivity contribution in [3.05, 3.63) is 42.0 Å². The van der Waals surface area contributed by atoms with Gasteiger partial charge in [-0.2, -0.15) is 0 Å². The van der Waals surface area contributed by atoms with Crippen LogP contribution in [0, 0.1) is 5.92 Å². The van der Waals surface area contributed by atoms with E-state index >= 15 is 0 Å². The molecule has 0 aromatic heterocycles. The number of guanidine groups is 1. The summed E-state index contributed by atoms with van der Waals surface area (Å²) in [4.78, 5) is 20.5. The number of aliphatic imine (C=N–C) groups is 1. The molecule has 1 unspecified atom stereocenters. The molecular weight excluding hydrogens is 455 g/mol. The smallest absolute Gasteiger partial charge is 0.310 e. The Kier molecular flexibility index (Phi) is 11.0. The molecule has 27 heavy (non-hydrogen) atoms. The second kappa shape index (κ2) is 12.7. The van der Waals surface area contributed by atoms with Crippen molar-refractivity contribution in [3.63, 3.8) is 0 Å². The van der Waals surface area contributed by atoms with E-state index in [1.54, 1.807) is 7.05 Å². The number of nitrogens with one attached hydrogen (secondary N) is 1. The third kappa shape index (κ3) is 7.88. The van der Waals surface area contributed by atoms with Gasteiger partial charge in [-0.3, -0.25) is 14.7 Å². The summed E-state index contributed by atoms with van der Waals surface area (Å²) in [7, 11) is 3.19. The topological polar surface area (TPSA) is 57.2 Å². The molecule has 1 aromatic rings. The first-order valence-corrected chi connectivity index (χ1v) is 9.11. The molecule has 150 valence electrons. The van der Waals surface area contributed by atoms with Crippen molar-refractivity contribution in [2.75, 3.05) is 53.4 Å². The normalized spacial score (nSPS) is 16.7. The molecule has 1 aromatic carbocycles. The fraction of sp³-hybridized carbons (Fsp3) is 0.500. The Hall–Kier alpha value is -1.61. The van der Waals surface area contributed by atoms with Crippen molar-refractivity contribution in [1.29, 1.82) is 0 Å². The summed E-state index contributed by atoms with van der Waals surface area (Å²) in [6.45, 7) is 7.16. The van der Waals surface area contributed by atoms with E-state index in [-0.39, 0.29) is 35.9 Å². The molecule has 0 amide bonds. The van der Waals surface area contributed by atoms with Crippen LogP contribution < -0.4 is 5.32 Å². The number of rotatable bonds is 6. The Bertz CT molecular complexity index is 614. The van der Waals surface area contributed by atoms with E-state index in [0.29, 0.717) is 6.54 Å². The minimum atomic E-state index is -0.206. The van der Waals surface area contributed by atoms with Gasteiger partial charge in [-0.15, -0.1) is 24.0 Å². The lowest BCUT2D eigenvalue weighted by atomic mass is 10.2. The molecule has 0 radical (unpaired) electrons. The zero-order valence-electron chi connectivity index (χ0n) is 16.4. The first-order chi connectivity index (χ1) is 12.6. The number of methoxy groups -OCH3 is 1. The standard InChI is InChI=1S/C20H30N4O2.HI/c1-17(19(25)26-3)16-22-20(21-2)24-14-12-23(13-15-24)11-7-10-18-8-5-4-6-9-18;/h4-10,17H,11-16H2,1-3H3,(H,21,22);1H. The van der Waals surface area contributed by atoms with Crippen LogP contribution in [0.15, 0.2) is 41.4 Å². The number of carbonyl (C=O) groups excluding carboxylic acids is 1.